The number of hydrogen-bond acceptors (Lipinski definition) is 4. The highest BCUT2D eigenvalue weighted by molar-refractivity contribution is 5.68. The highest BCUT2D eigenvalue weighted by Crippen LogP contribution is 2.24. The van der Waals surface area contributed by atoms with Crippen molar-refractivity contribution in [3.05, 3.63) is 17.8 Å². The van der Waals surface area contributed by atoms with Crippen LogP contribution in [0.15, 0.2) is 12.1 Å². The molecule has 5 heteroatoms. The van der Waals surface area contributed by atoms with Crippen molar-refractivity contribution in [3.63, 3.8) is 0 Å². The molecule has 1 unspecified atom stereocenters. The van der Waals surface area contributed by atoms with E-state index in [4.69, 9.17) is 5.11 Å². The smallest absolute Gasteiger partial charge is 0.305 e. The molecule has 1 aliphatic rings. The number of rotatable bonds is 3. The lowest BCUT2D eigenvalue weighted by Gasteiger charge is -2.35. The van der Waals surface area contributed by atoms with Crippen molar-refractivity contribution in [1.82, 2.24) is 10.2 Å². The largest absolute Gasteiger partial charge is 0.481 e. The molecule has 0 bridgehead atoms. The molecule has 1 aliphatic heterocycles. The van der Waals surface area contributed by atoms with Gasteiger partial charge < -0.3 is 10.0 Å². The predicted octanol–water partition coefficient (Wildman–Crippen LogP) is 1.62. The van der Waals surface area contributed by atoms with Gasteiger partial charge in [-0.1, -0.05) is 0 Å². The third-order valence-electron chi connectivity index (χ3n) is 3.12. The van der Waals surface area contributed by atoms with Crippen molar-refractivity contribution in [2.24, 2.45) is 0 Å². The molecule has 1 N–H and O–H groups in total. The van der Waals surface area contributed by atoms with Crippen molar-refractivity contribution in [1.29, 1.82) is 0 Å². The Balaban J connectivity index is 2.15. The summed E-state index contributed by atoms with van der Waals surface area (Å²) in [4.78, 5) is 12.9. The number of piperidine rings is 1. The summed E-state index contributed by atoms with van der Waals surface area (Å²) >= 11 is 0. The van der Waals surface area contributed by atoms with E-state index >= 15 is 0 Å². The van der Waals surface area contributed by atoms with Gasteiger partial charge in [0.05, 0.1) is 12.1 Å². The first-order valence-corrected chi connectivity index (χ1v) is 5.95. The second kappa shape index (κ2) is 5.12. The van der Waals surface area contributed by atoms with Gasteiger partial charge in [0.1, 0.15) is 0 Å². The van der Waals surface area contributed by atoms with E-state index < -0.39 is 5.97 Å². The molecular weight excluding hydrogens is 218 g/mol. The molecule has 0 spiro atoms. The van der Waals surface area contributed by atoms with E-state index in [2.05, 4.69) is 15.1 Å². The Kier molecular flexibility index (Phi) is 3.56. The maximum absolute atomic E-state index is 10.8. The van der Waals surface area contributed by atoms with Gasteiger partial charge in [-0.2, -0.15) is 5.10 Å². The Morgan fingerprint density at radius 1 is 1.47 bits per heavy atom. The van der Waals surface area contributed by atoms with Crippen LogP contribution in [0.5, 0.6) is 0 Å². The number of carbonyl (C=O) groups is 1. The normalized spacial score (nSPS) is 20.3. The van der Waals surface area contributed by atoms with Crippen LogP contribution >= 0.6 is 0 Å². The van der Waals surface area contributed by atoms with E-state index in [0.29, 0.717) is 0 Å². The molecule has 1 atom stereocenters. The maximum atomic E-state index is 10.8. The van der Waals surface area contributed by atoms with Crippen LogP contribution in [0.25, 0.3) is 0 Å². The molecule has 0 radical (unpaired) electrons. The van der Waals surface area contributed by atoms with Crippen molar-refractivity contribution in [2.45, 2.75) is 38.6 Å². The molecule has 1 saturated heterocycles. The molecule has 5 nitrogen and oxygen atoms in total. The fourth-order valence-corrected chi connectivity index (χ4v) is 2.26. The first kappa shape index (κ1) is 11.8. The van der Waals surface area contributed by atoms with Gasteiger partial charge in [-0.3, -0.25) is 4.79 Å². The Hall–Kier alpha value is -1.65. The molecular formula is C12H17N3O2. The van der Waals surface area contributed by atoms with Crippen LogP contribution < -0.4 is 4.90 Å². The SMILES string of the molecule is Cc1ccc(N2CCCCC2CC(=O)O)nn1. The minimum absolute atomic E-state index is 0.0539. The van der Waals surface area contributed by atoms with Crippen molar-refractivity contribution < 1.29 is 9.90 Å². The minimum Gasteiger partial charge on any atom is -0.481 e. The number of aryl methyl sites for hydroxylation is 1. The van der Waals surface area contributed by atoms with Crippen LogP contribution in [0.1, 0.15) is 31.4 Å². The second-order valence-electron chi connectivity index (χ2n) is 4.47. The Morgan fingerprint density at radius 3 is 2.94 bits per heavy atom. The molecule has 2 rings (SSSR count). The van der Waals surface area contributed by atoms with E-state index in [1.54, 1.807) is 0 Å². The quantitative estimate of drug-likeness (QED) is 0.862. The number of carboxylic acid groups (broad SMARTS) is 1. The number of anilines is 1. The topological polar surface area (TPSA) is 66.3 Å². The molecule has 2 heterocycles. The molecule has 92 valence electrons. The van der Waals surface area contributed by atoms with Gasteiger partial charge in [0.2, 0.25) is 0 Å². The summed E-state index contributed by atoms with van der Waals surface area (Å²) in [5.74, 6) is 0.0449. The zero-order valence-electron chi connectivity index (χ0n) is 9.96. The standard InChI is InChI=1S/C12H17N3O2/c1-9-5-6-11(14-13-9)15-7-3-2-4-10(15)8-12(16)17/h5-6,10H,2-4,7-8H2,1H3,(H,16,17). The van der Waals surface area contributed by atoms with Crippen LogP contribution in [0.3, 0.4) is 0 Å². The number of aliphatic carboxylic acids is 1. The van der Waals surface area contributed by atoms with Crippen LogP contribution in [0, 0.1) is 6.92 Å². The highest BCUT2D eigenvalue weighted by atomic mass is 16.4. The second-order valence-corrected chi connectivity index (χ2v) is 4.47. The summed E-state index contributed by atoms with van der Waals surface area (Å²) in [5, 5.41) is 17.1. The Labute approximate surface area is 100 Å². The summed E-state index contributed by atoms with van der Waals surface area (Å²) in [5.41, 5.74) is 0.876. The van der Waals surface area contributed by atoms with E-state index in [1.165, 1.54) is 0 Å². The summed E-state index contributed by atoms with van der Waals surface area (Å²) in [6.07, 6.45) is 3.27. The number of hydrogen-bond donors (Lipinski definition) is 1. The van der Waals surface area contributed by atoms with Crippen LogP contribution in [0.2, 0.25) is 0 Å². The van der Waals surface area contributed by atoms with Crippen molar-refractivity contribution in [3.8, 4) is 0 Å². The fourth-order valence-electron chi connectivity index (χ4n) is 2.26. The summed E-state index contributed by atoms with van der Waals surface area (Å²) in [6, 6.07) is 3.88. The minimum atomic E-state index is -0.748. The van der Waals surface area contributed by atoms with E-state index in [1.807, 2.05) is 19.1 Å². The lowest BCUT2D eigenvalue weighted by molar-refractivity contribution is -0.137. The van der Waals surface area contributed by atoms with Crippen LogP contribution in [-0.4, -0.2) is 33.9 Å². The third-order valence-corrected chi connectivity index (χ3v) is 3.12. The monoisotopic (exact) mass is 235 g/mol. The van der Waals surface area contributed by atoms with Gasteiger partial charge in [0.15, 0.2) is 5.82 Å². The molecule has 0 amide bonds. The molecule has 17 heavy (non-hydrogen) atoms. The number of nitrogens with zero attached hydrogens (tertiary/aromatic N) is 3. The molecule has 1 fully saturated rings. The lowest BCUT2D eigenvalue weighted by atomic mass is 9.99. The molecule has 0 aromatic carbocycles. The zero-order valence-corrected chi connectivity index (χ0v) is 9.96. The molecule has 1 aromatic rings. The predicted molar refractivity (Wildman–Crippen MR) is 64.0 cm³/mol. The average molecular weight is 235 g/mol. The van der Waals surface area contributed by atoms with E-state index in [0.717, 1.165) is 37.3 Å². The van der Waals surface area contributed by atoms with Crippen LogP contribution in [0.4, 0.5) is 5.82 Å². The zero-order chi connectivity index (χ0) is 12.3. The van der Waals surface area contributed by atoms with Gasteiger partial charge in [-0.25, -0.2) is 0 Å². The van der Waals surface area contributed by atoms with E-state index in [9.17, 15) is 4.79 Å². The van der Waals surface area contributed by atoms with Gasteiger partial charge in [-0.15, -0.1) is 5.10 Å². The van der Waals surface area contributed by atoms with Crippen molar-refractivity contribution >= 4 is 11.8 Å². The third kappa shape index (κ3) is 2.93. The summed E-state index contributed by atoms with van der Waals surface area (Å²) in [6.45, 7) is 2.76. The number of carboxylic acids is 1. The first-order valence-electron chi connectivity index (χ1n) is 5.95. The highest BCUT2D eigenvalue weighted by Gasteiger charge is 2.25. The van der Waals surface area contributed by atoms with Gasteiger partial charge in [0, 0.05) is 12.6 Å². The van der Waals surface area contributed by atoms with E-state index in [-0.39, 0.29) is 12.5 Å². The Bertz CT molecular complexity index is 391. The van der Waals surface area contributed by atoms with Gasteiger partial charge >= 0.3 is 5.97 Å². The average Bonchev–Trinajstić information content (AvgIpc) is 2.30. The number of aromatic nitrogens is 2. The molecule has 1 aromatic heterocycles. The summed E-state index contributed by atoms with van der Waals surface area (Å²) in [7, 11) is 0. The van der Waals surface area contributed by atoms with Gasteiger partial charge in [-0.05, 0) is 38.3 Å². The van der Waals surface area contributed by atoms with Crippen molar-refractivity contribution in [2.75, 3.05) is 11.4 Å². The van der Waals surface area contributed by atoms with Crippen LogP contribution in [-0.2, 0) is 4.79 Å². The fraction of sp³-hybridized carbons (Fsp3) is 0.583. The molecule has 0 aliphatic carbocycles. The lowest BCUT2D eigenvalue weighted by Crippen LogP contribution is -2.41. The Morgan fingerprint density at radius 2 is 2.29 bits per heavy atom. The van der Waals surface area contributed by atoms with Gasteiger partial charge in [0.25, 0.3) is 0 Å². The first-order chi connectivity index (χ1) is 8.16. The molecule has 0 saturated carbocycles. The maximum Gasteiger partial charge on any atom is 0.305 e. The summed E-state index contributed by atoms with van der Waals surface area (Å²) < 4.78 is 0.